The Morgan fingerprint density at radius 2 is 1.57 bits per heavy atom. The number of nitriles is 1. The molecule has 0 radical (unpaired) electrons. The monoisotopic (exact) mass is 791 g/mol. The minimum absolute atomic E-state index is 0.0390. The minimum atomic E-state index is -1.82. The van der Waals surface area contributed by atoms with E-state index < -0.39 is 57.8 Å². The van der Waals surface area contributed by atoms with Crippen molar-refractivity contribution >= 4 is 17.8 Å². The number of hydrogen-bond acceptors (Lipinski definition) is 15. The molecule has 0 bridgehead atoms. The fourth-order valence-corrected chi connectivity index (χ4v) is 6.41. The molecule has 1 aliphatic carbocycles. The van der Waals surface area contributed by atoms with Gasteiger partial charge in [-0.2, -0.15) is 5.26 Å². The first kappa shape index (κ1) is 46.2. The van der Waals surface area contributed by atoms with Gasteiger partial charge in [0.1, 0.15) is 24.6 Å². The van der Waals surface area contributed by atoms with Gasteiger partial charge in [0.2, 0.25) is 5.91 Å². The van der Waals surface area contributed by atoms with Crippen LogP contribution in [0.3, 0.4) is 0 Å². The summed E-state index contributed by atoms with van der Waals surface area (Å²) < 4.78 is 22.0. The third-order valence-corrected chi connectivity index (χ3v) is 9.28. The van der Waals surface area contributed by atoms with Gasteiger partial charge in [0, 0.05) is 13.7 Å². The van der Waals surface area contributed by atoms with Crippen LogP contribution in [-0.4, -0.2) is 116 Å². The molecule has 308 valence electrons. The van der Waals surface area contributed by atoms with Crippen LogP contribution in [0.15, 0.2) is 42.5 Å². The molecule has 0 saturated heterocycles. The number of para-hydroxylation sites is 1. The molecule has 1 amide bonds. The summed E-state index contributed by atoms with van der Waals surface area (Å²) in [6.07, 6.45) is -1.41. The molecule has 5 atom stereocenters. The van der Waals surface area contributed by atoms with Crippen LogP contribution in [0, 0.1) is 37.5 Å². The van der Waals surface area contributed by atoms with E-state index in [2.05, 4.69) is 16.3 Å². The summed E-state index contributed by atoms with van der Waals surface area (Å²) in [7, 11) is 6.43. The second kappa shape index (κ2) is 22.4. The largest absolute Gasteiger partial charge is 0.493 e. The molecule has 3 rings (SSSR count). The van der Waals surface area contributed by atoms with Crippen LogP contribution >= 0.6 is 0 Å². The van der Waals surface area contributed by atoms with Crippen LogP contribution in [-0.2, 0) is 40.6 Å². The molecule has 2 aromatic carbocycles. The van der Waals surface area contributed by atoms with Crippen LogP contribution in [0.5, 0.6) is 17.2 Å². The van der Waals surface area contributed by atoms with E-state index in [4.69, 9.17) is 48.4 Å². The number of methoxy groups -OCH3 is 3. The number of nitrogens with one attached hydrogen (secondary N) is 1. The standard InChI is InChI=1S/C34H47N5O11.C2H2O4/c1-23(2)34(22-35,25-12-13-27(46-5)30(20-25)47-6)17-9-18-37(3)19-16-24-10-7-8-11-26(24)48-29-15-14-28(49-38(41)42)32(33(29)50-39(43)44)36-31(40)21-45-4;3-1(4)2(5)6/h7-8,10-13,20,23,28-29,32-33H,9,14-19,21H2,1-6H3,(H,36,40);(H,3,4)(H,5,6). The smallest absolute Gasteiger partial charge is 0.414 e. The van der Waals surface area contributed by atoms with E-state index >= 15 is 0 Å². The minimum Gasteiger partial charge on any atom is -0.493 e. The molecule has 0 spiro atoms. The van der Waals surface area contributed by atoms with Gasteiger partial charge in [-0.1, -0.05) is 38.1 Å². The molecule has 5 unspecified atom stereocenters. The van der Waals surface area contributed by atoms with E-state index in [1.165, 1.54) is 7.11 Å². The maximum Gasteiger partial charge on any atom is 0.414 e. The van der Waals surface area contributed by atoms with E-state index in [-0.39, 0.29) is 25.4 Å². The molecule has 0 heterocycles. The van der Waals surface area contributed by atoms with Crippen LogP contribution in [0.1, 0.15) is 50.7 Å². The number of hydrogen-bond donors (Lipinski definition) is 3. The molecule has 56 heavy (non-hydrogen) atoms. The maximum absolute atomic E-state index is 12.4. The second-order valence-corrected chi connectivity index (χ2v) is 13.1. The average molecular weight is 792 g/mol. The Balaban J connectivity index is 0.00000167. The molecule has 1 saturated carbocycles. The Hall–Kier alpha value is -5.94. The number of amides is 1. The Labute approximate surface area is 323 Å². The van der Waals surface area contributed by atoms with Crippen LogP contribution in [0.25, 0.3) is 0 Å². The number of carboxylic acid groups (broad SMARTS) is 2. The highest BCUT2D eigenvalue weighted by Gasteiger charge is 2.46. The highest BCUT2D eigenvalue weighted by atomic mass is 17.0. The van der Waals surface area contributed by atoms with Gasteiger partial charge in [-0.05, 0) is 80.9 Å². The molecule has 0 aromatic heterocycles. The molecule has 2 aromatic rings. The summed E-state index contributed by atoms with van der Waals surface area (Å²) in [5.74, 6) is -2.62. The Morgan fingerprint density at radius 1 is 0.946 bits per heavy atom. The van der Waals surface area contributed by atoms with Gasteiger partial charge < -0.3 is 49.1 Å². The Morgan fingerprint density at radius 3 is 2.12 bits per heavy atom. The number of carboxylic acids is 2. The van der Waals surface area contributed by atoms with Gasteiger partial charge in [0.05, 0.1) is 31.7 Å². The lowest BCUT2D eigenvalue weighted by Crippen LogP contribution is -2.62. The number of ether oxygens (including phenoxy) is 4. The van der Waals surface area contributed by atoms with Gasteiger partial charge >= 0.3 is 11.9 Å². The summed E-state index contributed by atoms with van der Waals surface area (Å²) in [6.45, 7) is 5.07. The van der Waals surface area contributed by atoms with Crippen LogP contribution in [0.4, 0.5) is 0 Å². The summed E-state index contributed by atoms with van der Waals surface area (Å²) >= 11 is 0. The molecule has 3 N–H and O–H groups in total. The summed E-state index contributed by atoms with van der Waals surface area (Å²) in [5, 5.41) is 48.4. The van der Waals surface area contributed by atoms with E-state index in [1.54, 1.807) is 26.4 Å². The predicted molar refractivity (Wildman–Crippen MR) is 195 cm³/mol. The van der Waals surface area contributed by atoms with E-state index in [0.717, 1.165) is 17.5 Å². The number of rotatable bonds is 20. The fraction of sp³-hybridized carbons (Fsp3) is 0.556. The van der Waals surface area contributed by atoms with Crippen molar-refractivity contribution in [3.05, 3.63) is 73.8 Å². The maximum atomic E-state index is 12.4. The van der Waals surface area contributed by atoms with Crippen LogP contribution < -0.4 is 19.5 Å². The van der Waals surface area contributed by atoms with Gasteiger partial charge in [-0.15, -0.1) is 20.2 Å². The second-order valence-electron chi connectivity index (χ2n) is 13.1. The van der Waals surface area contributed by atoms with Crippen molar-refractivity contribution < 1.29 is 63.4 Å². The Kier molecular flexibility index (Phi) is 18.5. The first-order chi connectivity index (χ1) is 26.5. The summed E-state index contributed by atoms with van der Waals surface area (Å²) in [6, 6.07) is 14.2. The number of likely N-dealkylation sites (N-methyl/N-ethyl adjacent to an activating group) is 1. The predicted octanol–water partition coefficient (Wildman–Crippen LogP) is 3.06. The quantitative estimate of drug-likeness (QED) is 0.0987. The number of carbonyl (C=O) groups excluding carboxylic acids is 1. The van der Waals surface area contributed by atoms with E-state index in [0.29, 0.717) is 43.2 Å². The molecule has 1 aliphatic rings. The van der Waals surface area contributed by atoms with Gasteiger partial charge in [0.25, 0.3) is 10.2 Å². The topological polar surface area (TPSA) is 272 Å². The summed E-state index contributed by atoms with van der Waals surface area (Å²) in [4.78, 5) is 65.2. The molecule has 20 heteroatoms. The molecular weight excluding hydrogens is 742 g/mol. The van der Waals surface area contributed by atoms with Gasteiger partial charge in [-0.25, -0.2) is 9.59 Å². The zero-order valence-corrected chi connectivity index (χ0v) is 32.1. The lowest BCUT2D eigenvalue weighted by atomic mass is 9.69. The first-order valence-electron chi connectivity index (χ1n) is 17.5. The number of benzene rings is 2. The number of aliphatic carboxylic acids is 2. The fourth-order valence-electron chi connectivity index (χ4n) is 6.41. The zero-order chi connectivity index (χ0) is 42.0. The Bertz CT molecular complexity index is 1670. The van der Waals surface area contributed by atoms with Crippen molar-refractivity contribution in [1.29, 1.82) is 5.26 Å². The van der Waals surface area contributed by atoms with Gasteiger partial charge in [0.15, 0.2) is 17.6 Å². The van der Waals surface area contributed by atoms with Crippen molar-refractivity contribution in [2.24, 2.45) is 5.92 Å². The summed E-state index contributed by atoms with van der Waals surface area (Å²) in [5.41, 5.74) is 0.982. The van der Waals surface area contributed by atoms with Crippen molar-refractivity contribution in [1.82, 2.24) is 10.2 Å². The molecule has 20 nitrogen and oxygen atoms in total. The lowest BCUT2D eigenvalue weighted by Gasteiger charge is -2.40. The first-order valence-corrected chi connectivity index (χ1v) is 17.5. The molecule has 0 aliphatic heterocycles. The molecular formula is C36H49N5O15. The van der Waals surface area contributed by atoms with E-state index in [1.807, 2.05) is 51.2 Å². The molecule has 1 fully saturated rings. The third kappa shape index (κ3) is 13.4. The highest BCUT2D eigenvalue weighted by Crippen LogP contribution is 2.40. The van der Waals surface area contributed by atoms with Crippen molar-refractivity contribution in [3.8, 4) is 23.3 Å². The van der Waals surface area contributed by atoms with Crippen molar-refractivity contribution in [3.63, 3.8) is 0 Å². The van der Waals surface area contributed by atoms with Gasteiger partial charge in [-0.3, -0.25) is 4.79 Å². The average Bonchev–Trinajstić information content (AvgIpc) is 3.14. The van der Waals surface area contributed by atoms with Crippen molar-refractivity contribution in [2.75, 3.05) is 48.1 Å². The SMILES string of the molecule is COCC(=O)NC1C(O[N+](=O)[O-])CCC(Oc2ccccc2CCN(C)CCCC(C#N)(c2ccc(OC)c(OC)c2)C(C)C)C1O[N+](=O)[O-].O=C(O)C(=O)O. The number of nitrogens with zero attached hydrogens (tertiary/aromatic N) is 4. The van der Waals surface area contributed by atoms with E-state index in [9.17, 15) is 30.3 Å². The lowest BCUT2D eigenvalue weighted by molar-refractivity contribution is -0.783. The normalized spacial score (nSPS) is 18.6. The van der Waals surface area contributed by atoms with Crippen molar-refractivity contribution in [2.45, 2.75) is 75.7 Å². The number of carbonyl (C=O) groups is 3. The van der Waals surface area contributed by atoms with Crippen LogP contribution in [0.2, 0.25) is 0 Å². The zero-order valence-electron chi connectivity index (χ0n) is 32.1. The highest BCUT2D eigenvalue weighted by molar-refractivity contribution is 6.27. The third-order valence-electron chi connectivity index (χ3n) is 9.28.